The van der Waals surface area contributed by atoms with Gasteiger partial charge in [0.2, 0.25) is 0 Å². The Bertz CT molecular complexity index is 1100. The van der Waals surface area contributed by atoms with Crippen LogP contribution in [-0.4, -0.2) is 37.6 Å². The van der Waals surface area contributed by atoms with Crippen molar-refractivity contribution < 1.29 is 19.1 Å². The summed E-state index contributed by atoms with van der Waals surface area (Å²) in [6.07, 6.45) is 3.97. The first-order chi connectivity index (χ1) is 14.6. The second-order valence-electron chi connectivity index (χ2n) is 6.81. The summed E-state index contributed by atoms with van der Waals surface area (Å²) in [7, 11) is 3.06. The van der Waals surface area contributed by atoms with E-state index in [0.717, 1.165) is 17.7 Å². The Morgan fingerprint density at radius 3 is 2.53 bits per heavy atom. The summed E-state index contributed by atoms with van der Waals surface area (Å²) >= 11 is 0. The van der Waals surface area contributed by atoms with Crippen molar-refractivity contribution >= 4 is 23.2 Å². The first kappa shape index (κ1) is 19.4. The average Bonchev–Trinajstić information content (AvgIpc) is 3.21. The molecular formula is C23H21N3O4. The van der Waals surface area contributed by atoms with E-state index in [2.05, 4.69) is 10.3 Å². The number of rotatable bonds is 5. The van der Waals surface area contributed by atoms with Gasteiger partial charge >= 0.3 is 0 Å². The van der Waals surface area contributed by atoms with E-state index in [4.69, 9.17) is 9.47 Å². The first-order valence-corrected chi connectivity index (χ1v) is 9.49. The number of ether oxygens (including phenoxy) is 2. The molecule has 30 heavy (non-hydrogen) atoms. The molecule has 0 spiro atoms. The lowest BCUT2D eigenvalue weighted by Crippen LogP contribution is -2.28. The van der Waals surface area contributed by atoms with Crippen LogP contribution in [0.25, 0.3) is 0 Å². The zero-order chi connectivity index (χ0) is 21.1. The predicted molar refractivity (Wildman–Crippen MR) is 114 cm³/mol. The molecule has 0 unspecified atom stereocenters. The van der Waals surface area contributed by atoms with E-state index in [-0.39, 0.29) is 11.8 Å². The molecule has 7 nitrogen and oxygen atoms in total. The number of nitrogens with zero attached hydrogens (tertiary/aromatic N) is 2. The number of hydrogen-bond donors (Lipinski definition) is 1. The lowest BCUT2D eigenvalue weighted by molar-refractivity contribution is 0.0987. The Balaban J connectivity index is 1.58. The lowest BCUT2D eigenvalue weighted by atomic mass is 10.1. The highest BCUT2D eigenvalue weighted by molar-refractivity contribution is 6.09. The molecule has 2 heterocycles. The largest absolute Gasteiger partial charge is 0.497 e. The number of amides is 2. The van der Waals surface area contributed by atoms with E-state index >= 15 is 0 Å². The normalized spacial score (nSPS) is 12.3. The van der Waals surface area contributed by atoms with Crippen LogP contribution in [0.4, 0.5) is 11.4 Å². The predicted octanol–water partition coefficient (Wildman–Crippen LogP) is 3.55. The Hall–Kier alpha value is -3.87. The van der Waals surface area contributed by atoms with Gasteiger partial charge < -0.3 is 19.7 Å². The van der Waals surface area contributed by atoms with Gasteiger partial charge in [0.05, 0.1) is 19.8 Å². The number of carbonyl (C=O) groups is 2. The molecule has 4 rings (SSSR count). The third-order valence-electron chi connectivity index (χ3n) is 5.06. The van der Waals surface area contributed by atoms with Crippen LogP contribution < -0.4 is 19.7 Å². The summed E-state index contributed by atoms with van der Waals surface area (Å²) in [5.74, 6) is 0.629. The molecule has 1 N–H and O–H groups in total. The van der Waals surface area contributed by atoms with Crippen molar-refractivity contribution in [2.45, 2.75) is 6.42 Å². The van der Waals surface area contributed by atoms with Crippen LogP contribution in [0, 0.1) is 0 Å². The topological polar surface area (TPSA) is 80.8 Å². The summed E-state index contributed by atoms with van der Waals surface area (Å²) in [6.45, 7) is 0.597. The third-order valence-corrected chi connectivity index (χ3v) is 5.06. The van der Waals surface area contributed by atoms with Crippen LogP contribution in [0.3, 0.4) is 0 Å². The van der Waals surface area contributed by atoms with Crippen molar-refractivity contribution in [3.63, 3.8) is 0 Å². The average molecular weight is 403 g/mol. The summed E-state index contributed by atoms with van der Waals surface area (Å²) < 4.78 is 10.5. The second kappa shape index (κ2) is 8.24. The van der Waals surface area contributed by atoms with Gasteiger partial charge in [-0.3, -0.25) is 14.6 Å². The number of pyridine rings is 1. The van der Waals surface area contributed by atoms with E-state index in [9.17, 15) is 9.59 Å². The Kier molecular flexibility index (Phi) is 5.34. The molecule has 0 fully saturated rings. The quantitative estimate of drug-likeness (QED) is 0.705. The second-order valence-corrected chi connectivity index (χ2v) is 6.81. The monoisotopic (exact) mass is 403 g/mol. The molecule has 1 aliphatic rings. The summed E-state index contributed by atoms with van der Waals surface area (Å²) in [4.78, 5) is 31.4. The van der Waals surface area contributed by atoms with E-state index in [1.807, 2.05) is 18.2 Å². The van der Waals surface area contributed by atoms with Gasteiger partial charge in [-0.2, -0.15) is 0 Å². The van der Waals surface area contributed by atoms with Crippen molar-refractivity contribution in [1.29, 1.82) is 0 Å². The summed E-state index contributed by atoms with van der Waals surface area (Å²) in [5, 5.41) is 2.89. The van der Waals surface area contributed by atoms with Crippen LogP contribution in [0.5, 0.6) is 11.5 Å². The van der Waals surface area contributed by atoms with Gasteiger partial charge in [0.1, 0.15) is 11.5 Å². The van der Waals surface area contributed by atoms with Crippen LogP contribution >= 0.6 is 0 Å². The van der Waals surface area contributed by atoms with E-state index < -0.39 is 0 Å². The first-order valence-electron chi connectivity index (χ1n) is 9.49. The molecule has 0 saturated heterocycles. The number of aromatic nitrogens is 1. The third kappa shape index (κ3) is 3.69. The fourth-order valence-corrected chi connectivity index (χ4v) is 3.50. The minimum Gasteiger partial charge on any atom is -0.497 e. The number of fused-ring (bicyclic) bond motifs is 1. The number of nitrogens with one attached hydrogen (secondary N) is 1. The van der Waals surface area contributed by atoms with Gasteiger partial charge in [0.15, 0.2) is 0 Å². The maximum absolute atomic E-state index is 12.9. The maximum Gasteiger partial charge on any atom is 0.259 e. The van der Waals surface area contributed by atoms with Crippen molar-refractivity contribution in [3.05, 3.63) is 77.6 Å². The molecular weight excluding hydrogens is 382 g/mol. The van der Waals surface area contributed by atoms with Crippen LogP contribution in [-0.2, 0) is 6.42 Å². The number of carbonyl (C=O) groups excluding carboxylic acids is 2. The molecule has 0 atom stereocenters. The highest BCUT2D eigenvalue weighted by Crippen LogP contribution is 2.33. The maximum atomic E-state index is 12.9. The SMILES string of the molecule is COc1ccc(C(=O)Nc2ccc3c(c2)N(C(=O)c2ccncc2)CC3)c(OC)c1. The molecule has 2 amide bonds. The molecule has 0 bridgehead atoms. The van der Waals surface area contributed by atoms with Gasteiger partial charge in [0, 0.05) is 41.9 Å². The summed E-state index contributed by atoms with van der Waals surface area (Å²) in [5.41, 5.74) is 3.44. The van der Waals surface area contributed by atoms with Crippen molar-refractivity contribution in [1.82, 2.24) is 4.98 Å². The number of anilines is 2. The van der Waals surface area contributed by atoms with Gasteiger partial charge in [-0.25, -0.2) is 0 Å². The van der Waals surface area contributed by atoms with Crippen molar-refractivity contribution in [3.8, 4) is 11.5 Å². The molecule has 1 aromatic heterocycles. The molecule has 0 aliphatic carbocycles. The highest BCUT2D eigenvalue weighted by atomic mass is 16.5. The number of benzene rings is 2. The molecule has 152 valence electrons. The molecule has 1 aliphatic heterocycles. The number of methoxy groups -OCH3 is 2. The van der Waals surface area contributed by atoms with Crippen LogP contribution in [0.2, 0.25) is 0 Å². The zero-order valence-electron chi connectivity index (χ0n) is 16.7. The highest BCUT2D eigenvalue weighted by Gasteiger charge is 2.26. The molecule has 0 radical (unpaired) electrons. The van der Waals surface area contributed by atoms with Gasteiger partial charge in [-0.05, 0) is 48.4 Å². The van der Waals surface area contributed by atoms with E-state index in [1.54, 1.807) is 54.7 Å². The van der Waals surface area contributed by atoms with Gasteiger partial charge in [-0.1, -0.05) is 6.07 Å². The van der Waals surface area contributed by atoms with Crippen LogP contribution in [0.1, 0.15) is 26.3 Å². The fourth-order valence-electron chi connectivity index (χ4n) is 3.50. The van der Waals surface area contributed by atoms with Crippen molar-refractivity contribution in [2.24, 2.45) is 0 Å². The summed E-state index contributed by atoms with van der Waals surface area (Å²) in [6, 6.07) is 14.0. The smallest absolute Gasteiger partial charge is 0.259 e. The van der Waals surface area contributed by atoms with Gasteiger partial charge in [0.25, 0.3) is 11.8 Å². The Morgan fingerprint density at radius 2 is 1.80 bits per heavy atom. The molecule has 3 aromatic rings. The Labute approximate surface area is 174 Å². The molecule has 0 saturated carbocycles. The molecule has 7 heteroatoms. The fraction of sp³-hybridized carbons (Fsp3) is 0.174. The number of hydrogen-bond acceptors (Lipinski definition) is 5. The Morgan fingerprint density at radius 1 is 1.00 bits per heavy atom. The standard InChI is InChI=1S/C23H21N3O4/c1-29-18-5-6-19(21(14-18)30-2)22(27)25-17-4-3-15-9-12-26(20(15)13-17)23(28)16-7-10-24-11-8-16/h3-8,10-11,13-14H,9,12H2,1-2H3,(H,25,27). The van der Waals surface area contributed by atoms with Crippen LogP contribution in [0.15, 0.2) is 60.9 Å². The molecule has 2 aromatic carbocycles. The lowest BCUT2D eigenvalue weighted by Gasteiger charge is -2.18. The van der Waals surface area contributed by atoms with Gasteiger partial charge in [-0.15, -0.1) is 0 Å². The zero-order valence-corrected chi connectivity index (χ0v) is 16.7. The van der Waals surface area contributed by atoms with Crippen molar-refractivity contribution in [2.75, 3.05) is 31.0 Å². The minimum absolute atomic E-state index is 0.0866. The minimum atomic E-state index is -0.306. The van der Waals surface area contributed by atoms with E-state index in [1.165, 1.54) is 7.11 Å². The van der Waals surface area contributed by atoms with E-state index in [0.29, 0.717) is 34.9 Å².